The minimum Gasteiger partial charge on any atom is -0.428 e. The van der Waals surface area contributed by atoms with Gasteiger partial charge in [-0.3, -0.25) is 0 Å². The van der Waals surface area contributed by atoms with Gasteiger partial charge in [0.25, 0.3) is 0 Å². The quantitative estimate of drug-likeness (QED) is 0.398. The molecule has 0 saturated heterocycles. The first kappa shape index (κ1) is 7.92. The van der Waals surface area contributed by atoms with E-state index in [1.807, 2.05) is 6.08 Å². The van der Waals surface area contributed by atoms with Gasteiger partial charge in [-0.1, -0.05) is 13.0 Å². The normalized spacial score (nSPS) is 13.6. The summed E-state index contributed by atoms with van der Waals surface area (Å²) in [6.07, 6.45) is 3.01. The lowest BCUT2D eigenvalue weighted by Gasteiger charge is -2.04. The molecule has 0 aromatic rings. The molecule has 48 valence electrons. The van der Waals surface area contributed by atoms with E-state index in [-0.39, 0.29) is 0 Å². The van der Waals surface area contributed by atoms with Crippen LogP contribution in [-0.2, 0) is 4.43 Å². The molecular weight excluding hydrogens is 116 g/mol. The molecule has 1 nitrogen and oxygen atoms in total. The smallest absolute Gasteiger partial charge is 0.145 e. The molecule has 0 rings (SSSR count). The standard InChI is InChI=1S/C6H14OSi/c1-3-4-6(2)5-7-8/h3,6H,1,4-5H2,2,8H3. The Labute approximate surface area is 54.3 Å². The van der Waals surface area contributed by atoms with Crippen molar-refractivity contribution in [3.05, 3.63) is 12.7 Å². The van der Waals surface area contributed by atoms with Gasteiger partial charge >= 0.3 is 0 Å². The predicted molar refractivity (Wildman–Crippen MR) is 39.9 cm³/mol. The van der Waals surface area contributed by atoms with Gasteiger partial charge in [0.15, 0.2) is 0 Å². The van der Waals surface area contributed by atoms with Crippen LogP contribution < -0.4 is 0 Å². The summed E-state index contributed by atoms with van der Waals surface area (Å²) in [5, 5.41) is 0. The monoisotopic (exact) mass is 130 g/mol. The summed E-state index contributed by atoms with van der Waals surface area (Å²) in [5.41, 5.74) is 0. The van der Waals surface area contributed by atoms with Crippen molar-refractivity contribution in [1.82, 2.24) is 0 Å². The van der Waals surface area contributed by atoms with E-state index >= 15 is 0 Å². The van der Waals surface area contributed by atoms with E-state index in [4.69, 9.17) is 4.43 Å². The second kappa shape index (κ2) is 5.06. The van der Waals surface area contributed by atoms with Gasteiger partial charge < -0.3 is 4.43 Å². The van der Waals surface area contributed by atoms with Crippen molar-refractivity contribution in [3.63, 3.8) is 0 Å². The Balaban J connectivity index is 3.03. The van der Waals surface area contributed by atoms with E-state index in [9.17, 15) is 0 Å². The van der Waals surface area contributed by atoms with Gasteiger partial charge in [0.05, 0.1) is 0 Å². The summed E-state index contributed by atoms with van der Waals surface area (Å²) >= 11 is 0. The second-order valence-corrected chi connectivity index (χ2v) is 2.66. The van der Waals surface area contributed by atoms with Gasteiger partial charge in [0.1, 0.15) is 10.5 Å². The minimum absolute atomic E-state index is 0.657. The van der Waals surface area contributed by atoms with Gasteiger partial charge in [-0.05, 0) is 12.3 Å². The highest BCUT2D eigenvalue weighted by Gasteiger charge is 1.94. The van der Waals surface area contributed by atoms with E-state index in [1.165, 1.54) is 0 Å². The SMILES string of the molecule is C=CCC(C)CO[SiH3]. The van der Waals surface area contributed by atoms with Crippen LogP contribution in [0.3, 0.4) is 0 Å². The fourth-order valence-corrected chi connectivity index (χ4v) is 1.21. The molecule has 8 heavy (non-hydrogen) atoms. The van der Waals surface area contributed by atoms with Crippen molar-refractivity contribution in [2.45, 2.75) is 13.3 Å². The lowest BCUT2D eigenvalue weighted by Crippen LogP contribution is -2.01. The zero-order valence-corrected chi connectivity index (χ0v) is 7.68. The van der Waals surface area contributed by atoms with Crippen LogP contribution >= 0.6 is 0 Å². The molecule has 0 aliphatic rings. The molecule has 0 heterocycles. The highest BCUT2D eigenvalue weighted by Crippen LogP contribution is 2.00. The molecule has 0 saturated carbocycles. The zero-order chi connectivity index (χ0) is 6.41. The van der Waals surface area contributed by atoms with Crippen molar-refractivity contribution in [1.29, 1.82) is 0 Å². The van der Waals surface area contributed by atoms with Crippen LogP contribution in [-0.4, -0.2) is 17.1 Å². The topological polar surface area (TPSA) is 9.23 Å². The molecule has 2 heteroatoms. The maximum absolute atomic E-state index is 5.05. The highest BCUT2D eigenvalue weighted by molar-refractivity contribution is 5.97. The molecule has 0 bridgehead atoms. The molecule has 0 aliphatic carbocycles. The Kier molecular flexibility index (Phi) is 5.01. The Morgan fingerprint density at radius 1 is 1.88 bits per heavy atom. The van der Waals surface area contributed by atoms with Crippen LogP contribution in [0.4, 0.5) is 0 Å². The Bertz CT molecular complexity index is 63.5. The van der Waals surface area contributed by atoms with Gasteiger partial charge in [-0.25, -0.2) is 0 Å². The zero-order valence-electron chi connectivity index (χ0n) is 5.68. The Morgan fingerprint density at radius 3 is 2.88 bits per heavy atom. The van der Waals surface area contributed by atoms with E-state index in [2.05, 4.69) is 13.5 Å². The van der Waals surface area contributed by atoms with Crippen molar-refractivity contribution in [3.8, 4) is 0 Å². The lowest BCUT2D eigenvalue weighted by molar-refractivity contribution is 0.284. The van der Waals surface area contributed by atoms with E-state index in [0.29, 0.717) is 5.92 Å². The molecule has 0 aromatic heterocycles. The third-order valence-electron chi connectivity index (χ3n) is 1.02. The number of rotatable bonds is 4. The first-order valence-electron chi connectivity index (χ1n) is 2.91. The van der Waals surface area contributed by atoms with E-state index in [1.54, 1.807) is 0 Å². The van der Waals surface area contributed by atoms with E-state index < -0.39 is 0 Å². The minimum atomic E-state index is 0.657. The fraction of sp³-hybridized carbons (Fsp3) is 0.667. The third kappa shape index (κ3) is 4.09. The molecule has 0 fully saturated rings. The maximum Gasteiger partial charge on any atom is 0.145 e. The first-order valence-corrected chi connectivity index (χ1v) is 3.72. The molecule has 1 atom stereocenters. The maximum atomic E-state index is 5.05. The average molecular weight is 130 g/mol. The van der Waals surface area contributed by atoms with Crippen molar-refractivity contribution in [2.75, 3.05) is 6.61 Å². The summed E-state index contributed by atoms with van der Waals surface area (Å²) in [7, 11) is 0.860. The van der Waals surface area contributed by atoms with Gasteiger partial charge in [0, 0.05) is 6.61 Å². The van der Waals surface area contributed by atoms with Gasteiger partial charge in [-0.15, -0.1) is 6.58 Å². The van der Waals surface area contributed by atoms with Crippen molar-refractivity contribution >= 4 is 10.5 Å². The van der Waals surface area contributed by atoms with Crippen molar-refractivity contribution < 1.29 is 4.43 Å². The first-order chi connectivity index (χ1) is 3.81. The highest BCUT2D eigenvalue weighted by atomic mass is 28.2. The van der Waals surface area contributed by atoms with Gasteiger partial charge in [0.2, 0.25) is 0 Å². The van der Waals surface area contributed by atoms with Crippen LogP contribution in [0.5, 0.6) is 0 Å². The van der Waals surface area contributed by atoms with Crippen LogP contribution in [0, 0.1) is 5.92 Å². The van der Waals surface area contributed by atoms with E-state index in [0.717, 1.165) is 23.5 Å². The fourth-order valence-electron chi connectivity index (χ4n) is 0.637. The summed E-state index contributed by atoms with van der Waals surface area (Å²) in [6.45, 7) is 6.71. The summed E-state index contributed by atoms with van der Waals surface area (Å²) < 4.78 is 5.05. The molecule has 1 unspecified atom stereocenters. The number of hydrogen-bond donors (Lipinski definition) is 0. The average Bonchev–Trinajstić information content (AvgIpc) is 1.68. The molecule has 0 spiro atoms. The second-order valence-electron chi connectivity index (χ2n) is 2.08. The Hall–Kier alpha value is -0.0831. The van der Waals surface area contributed by atoms with Crippen LogP contribution in [0.2, 0.25) is 0 Å². The largest absolute Gasteiger partial charge is 0.428 e. The van der Waals surface area contributed by atoms with Crippen LogP contribution in [0.25, 0.3) is 0 Å². The molecular formula is C6H14OSi. The molecule has 0 aliphatic heterocycles. The Morgan fingerprint density at radius 2 is 2.50 bits per heavy atom. The van der Waals surface area contributed by atoms with Crippen LogP contribution in [0.15, 0.2) is 12.7 Å². The molecule has 0 amide bonds. The summed E-state index contributed by atoms with van der Waals surface area (Å²) in [4.78, 5) is 0. The van der Waals surface area contributed by atoms with Crippen molar-refractivity contribution in [2.24, 2.45) is 5.92 Å². The summed E-state index contributed by atoms with van der Waals surface area (Å²) in [6, 6.07) is 0. The van der Waals surface area contributed by atoms with Crippen LogP contribution in [0.1, 0.15) is 13.3 Å². The predicted octanol–water partition coefficient (Wildman–Crippen LogP) is 0.496. The molecule has 0 aromatic carbocycles. The molecule has 0 radical (unpaired) electrons. The third-order valence-corrected chi connectivity index (χ3v) is 1.35. The number of hydrogen-bond acceptors (Lipinski definition) is 1. The molecule has 0 N–H and O–H groups in total. The number of allylic oxidation sites excluding steroid dienone is 1. The summed E-state index contributed by atoms with van der Waals surface area (Å²) in [5.74, 6) is 0.657. The van der Waals surface area contributed by atoms with Gasteiger partial charge in [-0.2, -0.15) is 0 Å². The lowest BCUT2D eigenvalue weighted by atomic mass is 10.1.